The van der Waals surface area contributed by atoms with Crippen molar-refractivity contribution < 1.29 is 13.9 Å². The van der Waals surface area contributed by atoms with Gasteiger partial charge >= 0.3 is 0 Å². The molecule has 3 heteroatoms. The van der Waals surface area contributed by atoms with Crippen molar-refractivity contribution in [2.75, 3.05) is 0 Å². The van der Waals surface area contributed by atoms with Gasteiger partial charge < -0.3 is 9.52 Å². The third-order valence-electron chi connectivity index (χ3n) is 2.91. The molecule has 0 amide bonds. The summed E-state index contributed by atoms with van der Waals surface area (Å²) >= 11 is 0. The molecule has 1 atom stereocenters. The lowest BCUT2D eigenvalue weighted by molar-refractivity contribution is 0.139. The highest BCUT2D eigenvalue weighted by molar-refractivity contribution is 5.77. The van der Waals surface area contributed by atoms with E-state index in [2.05, 4.69) is 6.92 Å². The van der Waals surface area contributed by atoms with E-state index in [4.69, 9.17) is 4.42 Å². The summed E-state index contributed by atoms with van der Waals surface area (Å²) < 4.78 is 18.5. The van der Waals surface area contributed by atoms with Crippen molar-refractivity contribution in [3.05, 3.63) is 35.8 Å². The first-order valence-electron chi connectivity index (χ1n) is 6.07. The van der Waals surface area contributed by atoms with E-state index in [1.807, 2.05) is 0 Å². The summed E-state index contributed by atoms with van der Waals surface area (Å²) in [6, 6.07) is 6.09. The molecule has 2 nitrogen and oxygen atoms in total. The number of aliphatic hydroxyl groups excluding tert-OH is 1. The van der Waals surface area contributed by atoms with E-state index in [-0.39, 0.29) is 5.82 Å². The summed E-state index contributed by atoms with van der Waals surface area (Å²) in [6.07, 6.45) is 3.31. The Hall–Kier alpha value is -1.35. The highest BCUT2D eigenvalue weighted by Gasteiger charge is 2.13. The van der Waals surface area contributed by atoms with Gasteiger partial charge in [0.25, 0.3) is 0 Å². The van der Waals surface area contributed by atoms with Gasteiger partial charge in [-0.05, 0) is 30.7 Å². The number of rotatable bonds is 5. The van der Waals surface area contributed by atoms with Crippen LogP contribution in [0, 0.1) is 5.82 Å². The number of hydrogen-bond donors (Lipinski definition) is 1. The minimum absolute atomic E-state index is 0.287. The second kappa shape index (κ2) is 5.32. The van der Waals surface area contributed by atoms with Crippen LogP contribution < -0.4 is 0 Å². The van der Waals surface area contributed by atoms with Gasteiger partial charge in [0.1, 0.15) is 23.3 Å². The average molecular weight is 236 g/mol. The molecule has 0 aliphatic rings. The van der Waals surface area contributed by atoms with E-state index >= 15 is 0 Å². The van der Waals surface area contributed by atoms with E-state index < -0.39 is 6.10 Å². The highest BCUT2D eigenvalue weighted by atomic mass is 19.1. The molecule has 0 fully saturated rings. The minimum atomic E-state index is -0.586. The molecule has 1 unspecified atom stereocenters. The van der Waals surface area contributed by atoms with Crippen LogP contribution in [-0.2, 0) is 0 Å². The molecule has 2 aromatic rings. The molecule has 17 heavy (non-hydrogen) atoms. The number of benzene rings is 1. The van der Waals surface area contributed by atoms with E-state index in [9.17, 15) is 9.50 Å². The fraction of sp³-hybridized carbons (Fsp3) is 0.429. The minimum Gasteiger partial charge on any atom is -0.458 e. The van der Waals surface area contributed by atoms with Crippen molar-refractivity contribution >= 4 is 11.0 Å². The number of aliphatic hydroxyl groups is 1. The molecular weight excluding hydrogens is 219 g/mol. The maximum absolute atomic E-state index is 13.0. The Balaban J connectivity index is 2.12. The van der Waals surface area contributed by atoms with Gasteiger partial charge in [0.05, 0.1) is 0 Å². The Bertz CT molecular complexity index is 490. The second-order valence-electron chi connectivity index (χ2n) is 4.34. The number of fused-ring (bicyclic) bond motifs is 1. The number of unbranched alkanes of at least 4 members (excludes halogenated alkanes) is 2. The zero-order valence-corrected chi connectivity index (χ0v) is 9.95. The van der Waals surface area contributed by atoms with Crippen LogP contribution in [-0.4, -0.2) is 5.11 Å². The van der Waals surface area contributed by atoms with Gasteiger partial charge in [0.2, 0.25) is 0 Å². The molecule has 1 aromatic carbocycles. The van der Waals surface area contributed by atoms with E-state index in [1.54, 1.807) is 12.1 Å². The Morgan fingerprint density at radius 2 is 2.12 bits per heavy atom. The Kier molecular flexibility index (Phi) is 3.79. The lowest BCUT2D eigenvalue weighted by atomic mass is 10.1. The first-order valence-corrected chi connectivity index (χ1v) is 6.07. The number of halogens is 1. The van der Waals surface area contributed by atoms with Gasteiger partial charge in [0, 0.05) is 5.39 Å². The predicted octanol–water partition coefficient (Wildman–Crippen LogP) is 4.19. The smallest absolute Gasteiger partial charge is 0.134 e. The van der Waals surface area contributed by atoms with E-state index in [0.29, 0.717) is 23.2 Å². The standard InChI is InChI=1S/C14H17FO2/c1-2-3-4-5-12(16)14-9-10-8-11(15)6-7-13(10)17-14/h6-9,12,16H,2-5H2,1H3. The molecule has 2 rings (SSSR count). The largest absolute Gasteiger partial charge is 0.458 e. The van der Waals surface area contributed by atoms with Crippen LogP contribution in [0.4, 0.5) is 4.39 Å². The van der Waals surface area contributed by atoms with Crippen molar-refractivity contribution in [3.63, 3.8) is 0 Å². The number of hydrogen-bond acceptors (Lipinski definition) is 2. The van der Waals surface area contributed by atoms with Crippen molar-refractivity contribution in [2.24, 2.45) is 0 Å². The normalized spacial score (nSPS) is 13.1. The Labute approximate surface area is 100 Å². The monoisotopic (exact) mass is 236 g/mol. The summed E-state index contributed by atoms with van der Waals surface area (Å²) in [5, 5.41) is 10.6. The molecular formula is C14H17FO2. The van der Waals surface area contributed by atoms with Crippen LogP contribution in [0.5, 0.6) is 0 Å². The van der Waals surface area contributed by atoms with Crippen LogP contribution >= 0.6 is 0 Å². The number of furan rings is 1. The quantitative estimate of drug-likeness (QED) is 0.790. The summed E-state index contributed by atoms with van der Waals surface area (Å²) in [4.78, 5) is 0. The van der Waals surface area contributed by atoms with Gasteiger partial charge in [-0.3, -0.25) is 0 Å². The molecule has 0 aliphatic heterocycles. The third kappa shape index (κ3) is 2.86. The van der Waals surface area contributed by atoms with Crippen LogP contribution in [0.1, 0.15) is 44.5 Å². The van der Waals surface area contributed by atoms with Gasteiger partial charge in [-0.25, -0.2) is 4.39 Å². The van der Waals surface area contributed by atoms with Crippen LogP contribution in [0.15, 0.2) is 28.7 Å². The molecule has 0 aliphatic carbocycles. The topological polar surface area (TPSA) is 33.4 Å². The van der Waals surface area contributed by atoms with Crippen molar-refractivity contribution in [1.82, 2.24) is 0 Å². The van der Waals surface area contributed by atoms with Crippen molar-refractivity contribution in [1.29, 1.82) is 0 Å². The van der Waals surface area contributed by atoms with Crippen LogP contribution in [0.3, 0.4) is 0 Å². The fourth-order valence-corrected chi connectivity index (χ4v) is 1.93. The average Bonchev–Trinajstić information content (AvgIpc) is 2.72. The zero-order chi connectivity index (χ0) is 12.3. The summed E-state index contributed by atoms with van der Waals surface area (Å²) in [7, 11) is 0. The Morgan fingerprint density at radius 3 is 2.88 bits per heavy atom. The molecule has 1 N–H and O–H groups in total. The molecule has 1 heterocycles. The summed E-state index contributed by atoms with van der Waals surface area (Å²) in [6.45, 7) is 2.12. The van der Waals surface area contributed by atoms with Gasteiger partial charge in [-0.1, -0.05) is 26.2 Å². The van der Waals surface area contributed by atoms with E-state index in [0.717, 1.165) is 19.3 Å². The lowest BCUT2D eigenvalue weighted by Gasteiger charge is -2.05. The van der Waals surface area contributed by atoms with E-state index in [1.165, 1.54) is 12.1 Å². The molecule has 0 saturated heterocycles. The van der Waals surface area contributed by atoms with Gasteiger partial charge in [0.15, 0.2) is 0 Å². The van der Waals surface area contributed by atoms with Crippen LogP contribution in [0.25, 0.3) is 11.0 Å². The molecule has 0 bridgehead atoms. The summed E-state index contributed by atoms with van der Waals surface area (Å²) in [5.74, 6) is 0.243. The molecule has 1 aromatic heterocycles. The lowest BCUT2D eigenvalue weighted by Crippen LogP contribution is -1.94. The van der Waals surface area contributed by atoms with Gasteiger partial charge in [-0.15, -0.1) is 0 Å². The highest BCUT2D eigenvalue weighted by Crippen LogP contribution is 2.27. The molecule has 0 spiro atoms. The van der Waals surface area contributed by atoms with Gasteiger partial charge in [-0.2, -0.15) is 0 Å². The SMILES string of the molecule is CCCCCC(O)c1cc2cc(F)ccc2o1. The fourth-order valence-electron chi connectivity index (χ4n) is 1.93. The first-order chi connectivity index (χ1) is 8.20. The van der Waals surface area contributed by atoms with Crippen molar-refractivity contribution in [3.8, 4) is 0 Å². The first kappa shape index (κ1) is 12.1. The molecule has 0 saturated carbocycles. The summed E-state index contributed by atoms with van der Waals surface area (Å²) in [5.41, 5.74) is 0.621. The molecule has 92 valence electrons. The van der Waals surface area contributed by atoms with Crippen LogP contribution in [0.2, 0.25) is 0 Å². The van der Waals surface area contributed by atoms with Crippen molar-refractivity contribution in [2.45, 2.75) is 38.7 Å². The maximum Gasteiger partial charge on any atom is 0.134 e. The molecule has 0 radical (unpaired) electrons. The second-order valence-corrected chi connectivity index (χ2v) is 4.34. The maximum atomic E-state index is 13.0. The zero-order valence-electron chi connectivity index (χ0n) is 9.95. The Morgan fingerprint density at radius 1 is 1.29 bits per heavy atom. The predicted molar refractivity (Wildman–Crippen MR) is 65.3 cm³/mol. The third-order valence-corrected chi connectivity index (χ3v) is 2.91.